The van der Waals surface area contributed by atoms with Gasteiger partial charge in [-0.3, -0.25) is 14.4 Å². The van der Waals surface area contributed by atoms with Crippen LogP contribution in [0.2, 0.25) is 0 Å². The van der Waals surface area contributed by atoms with Gasteiger partial charge in [-0.05, 0) is 72.9 Å². The molecule has 1 heterocycles. The third kappa shape index (κ3) is 7.88. The molecule has 0 aromatic heterocycles. The van der Waals surface area contributed by atoms with E-state index in [0.29, 0.717) is 32.4 Å². The topological polar surface area (TPSA) is 92.5 Å². The van der Waals surface area contributed by atoms with Crippen LogP contribution in [-0.4, -0.2) is 35.2 Å². The number of nitrogens with one attached hydrogen (secondary N) is 1. The monoisotopic (exact) mass is 509 g/mol. The van der Waals surface area contributed by atoms with Gasteiger partial charge in [0.15, 0.2) is 0 Å². The molecule has 1 aliphatic rings. The number of nitrogens with zero attached hydrogens (tertiary/aromatic N) is 1. The van der Waals surface area contributed by atoms with Gasteiger partial charge in [-0.1, -0.05) is 57.5 Å². The number of hydrogen-bond donors (Lipinski definition) is 2. The van der Waals surface area contributed by atoms with E-state index in [1.54, 1.807) is 11.0 Å². The standard InChI is InChI=1S/C30H40FN3O3/c1-4-9-25(28(32)35)26(16-20(2)3)29(36)33-27-14-5-6-15-34(30(27)37)19-21-10-7-11-22(17-21)23-12-8-13-24(31)18-23/h7-8,10-13,17-18,20,25-27H,4-6,9,14-16,19H2,1-3H3,(H2,32,35)(H,33,36)/t25?,26?,27-/m0/s1. The van der Waals surface area contributed by atoms with Gasteiger partial charge in [0.05, 0.1) is 0 Å². The number of halogens is 1. The van der Waals surface area contributed by atoms with Crippen molar-refractivity contribution in [2.75, 3.05) is 6.54 Å². The summed E-state index contributed by atoms with van der Waals surface area (Å²) in [6.45, 7) is 7.01. The minimum Gasteiger partial charge on any atom is -0.369 e. The SMILES string of the molecule is CCCC(C(N)=O)C(CC(C)C)C(=O)N[C@H]1CCCCN(Cc2cccc(-c3cccc(F)c3)c2)C1=O. The summed E-state index contributed by atoms with van der Waals surface area (Å²) >= 11 is 0. The van der Waals surface area contributed by atoms with Crippen LogP contribution in [0.1, 0.15) is 64.9 Å². The number of nitrogens with two attached hydrogens (primary N) is 1. The average molecular weight is 510 g/mol. The van der Waals surface area contributed by atoms with Crippen LogP contribution in [0.5, 0.6) is 0 Å². The predicted octanol–water partition coefficient (Wildman–Crippen LogP) is 5.05. The maximum absolute atomic E-state index is 13.7. The van der Waals surface area contributed by atoms with Crippen LogP contribution in [-0.2, 0) is 20.9 Å². The highest BCUT2D eigenvalue weighted by Crippen LogP contribution is 2.27. The summed E-state index contributed by atoms with van der Waals surface area (Å²) in [6, 6.07) is 13.6. The van der Waals surface area contributed by atoms with Crippen LogP contribution in [0.15, 0.2) is 48.5 Å². The van der Waals surface area contributed by atoms with Gasteiger partial charge >= 0.3 is 0 Å². The molecule has 200 valence electrons. The van der Waals surface area contributed by atoms with Crippen LogP contribution < -0.4 is 11.1 Å². The van der Waals surface area contributed by atoms with Gasteiger partial charge in [0.2, 0.25) is 17.7 Å². The minimum absolute atomic E-state index is 0.114. The maximum atomic E-state index is 13.7. The molecule has 0 radical (unpaired) electrons. The smallest absolute Gasteiger partial charge is 0.245 e. The Labute approximate surface area is 219 Å². The zero-order valence-corrected chi connectivity index (χ0v) is 22.2. The van der Waals surface area contributed by atoms with Gasteiger partial charge in [-0.2, -0.15) is 0 Å². The first-order valence-corrected chi connectivity index (χ1v) is 13.4. The zero-order chi connectivity index (χ0) is 26.9. The summed E-state index contributed by atoms with van der Waals surface area (Å²) in [5.41, 5.74) is 8.28. The van der Waals surface area contributed by atoms with E-state index < -0.39 is 23.8 Å². The summed E-state index contributed by atoms with van der Waals surface area (Å²) in [5, 5.41) is 2.99. The van der Waals surface area contributed by atoms with Crippen LogP contribution in [0.25, 0.3) is 11.1 Å². The largest absolute Gasteiger partial charge is 0.369 e. The quantitative estimate of drug-likeness (QED) is 0.444. The Morgan fingerprint density at radius 3 is 2.43 bits per heavy atom. The van der Waals surface area contributed by atoms with Crippen molar-refractivity contribution in [2.45, 2.75) is 71.9 Å². The van der Waals surface area contributed by atoms with Gasteiger partial charge in [0.1, 0.15) is 11.9 Å². The van der Waals surface area contributed by atoms with Crippen molar-refractivity contribution in [3.05, 3.63) is 59.9 Å². The summed E-state index contributed by atoms with van der Waals surface area (Å²) < 4.78 is 13.7. The lowest BCUT2D eigenvalue weighted by Crippen LogP contribution is -2.50. The van der Waals surface area contributed by atoms with E-state index >= 15 is 0 Å². The molecule has 1 fully saturated rings. The lowest BCUT2D eigenvalue weighted by Gasteiger charge is -2.29. The van der Waals surface area contributed by atoms with E-state index in [2.05, 4.69) is 5.32 Å². The van der Waals surface area contributed by atoms with Crippen molar-refractivity contribution < 1.29 is 18.8 Å². The molecule has 1 aliphatic heterocycles. The summed E-state index contributed by atoms with van der Waals surface area (Å²) in [5.74, 6) is -2.02. The molecule has 0 bridgehead atoms. The Morgan fingerprint density at radius 2 is 1.78 bits per heavy atom. The van der Waals surface area contributed by atoms with Gasteiger partial charge in [-0.15, -0.1) is 0 Å². The molecule has 3 N–H and O–H groups in total. The Kier molecular flexibility index (Phi) is 10.2. The van der Waals surface area contributed by atoms with Crippen LogP contribution in [0, 0.1) is 23.6 Å². The number of rotatable bonds is 11. The summed E-state index contributed by atoms with van der Waals surface area (Å²) in [7, 11) is 0. The number of likely N-dealkylation sites (tertiary alicyclic amines) is 1. The molecule has 2 aromatic carbocycles. The molecule has 3 amide bonds. The third-order valence-corrected chi connectivity index (χ3v) is 7.07. The fourth-order valence-electron chi connectivity index (χ4n) is 5.23. The molecular weight excluding hydrogens is 469 g/mol. The zero-order valence-electron chi connectivity index (χ0n) is 22.2. The third-order valence-electron chi connectivity index (χ3n) is 7.07. The highest BCUT2D eigenvalue weighted by molar-refractivity contribution is 5.91. The minimum atomic E-state index is -0.633. The van der Waals surface area contributed by atoms with E-state index in [0.717, 1.165) is 36.0 Å². The first-order chi connectivity index (χ1) is 17.7. The van der Waals surface area contributed by atoms with Gasteiger partial charge < -0.3 is 16.0 Å². The normalized spacial score (nSPS) is 17.8. The van der Waals surface area contributed by atoms with E-state index in [9.17, 15) is 18.8 Å². The fourth-order valence-corrected chi connectivity index (χ4v) is 5.23. The molecule has 37 heavy (non-hydrogen) atoms. The lowest BCUT2D eigenvalue weighted by atomic mass is 9.81. The number of amides is 3. The summed E-state index contributed by atoms with van der Waals surface area (Å²) in [4.78, 5) is 40.9. The van der Waals surface area contributed by atoms with Crippen molar-refractivity contribution in [1.82, 2.24) is 10.2 Å². The molecular formula is C30H40FN3O3. The van der Waals surface area contributed by atoms with Crippen LogP contribution in [0.4, 0.5) is 4.39 Å². The van der Waals surface area contributed by atoms with E-state index in [4.69, 9.17) is 5.73 Å². The Bertz CT molecular complexity index is 1090. The molecule has 3 atom stereocenters. The second kappa shape index (κ2) is 13.4. The molecule has 0 spiro atoms. The molecule has 7 heteroatoms. The van der Waals surface area contributed by atoms with Crippen molar-refractivity contribution in [1.29, 1.82) is 0 Å². The van der Waals surface area contributed by atoms with Crippen molar-refractivity contribution in [3.63, 3.8) is 0 Å². The summed E-state index contributed by atoms with van der Waals surface area (Å²) in [6.07, 6.45) is 4.06. The van der Waals surface area contributed by atoms with E-state index in [1.807, 2.05) is 51.1 Å². The molecule has 1 saturated heterocycles. The maximum Gasteiger partial charge on any atom is 0.245 e. The Hall–Kier alpha value is -3.22. The second-order valence-corrected chi connectivity index (χ2v) is 10.6. The first-order valence-electron chi connectivity index (χ1n) is 13.4. The van der Waals surface area contributed by atoms with Crippen molar-refractivity contribution in [3.8, 4) is 11.1 Å². The van der Waals surface area contributed by atoms with Crippen LogP contribution >= 0.6 is 0 Å². The number of carbonyl (C=O) groups excluding carboxylic acids is 3. The predicted molar refractivity (Wildman–Crippen MR) is 144 cm³/mol. The number of benzene rings is 2. The highest BCUT2D eigenvalue weighted by Gasteiger charge is 2.35. The van der Waals surface area contributed by atoms with E-state index in [-0.39, 0.29) is 23.5 Å². The molecule has 0 aliphatic carbocycles. The van der Waals surface area contributed by atoms with Gasteiger partial charge in [0.25, 0.3) is 0 Å². The molecule has 0 saturated carbocycles. The van der Waals surface area contributed by atoms with Crippen molar-refractivity contribution in [2.24, 2.45) is 23.5 Å². The first kappa shape index (κ1) is 28.4. The molecule has 6 nitrogen and oxygen atoms in total. The van der Waals surface area contributed by atoms with Crippen molar-refractivity contribution >= 4 is 17.7 Å². The molecule has 2 unspecified atom stereocenters. The molecule has 2 aromatic rings. The molecule has 3 rings (SSSR count). The van der Waals surface area contributed by atoms with Crippen LogP contribution in [0.3, 0.4) is 0 Å². The highest BCUT2D eigenvalue weighted by atomic mass is 19.1. The average Bonchev–Trinajstić information content (AvgIpc) is 3.02. The Morgan fingerprint density at radius 1 is 1.08 bits per heavy atom. The van der Waals surface area contributed by atoms with E-state index in [1.165, 1.54) is 12.1 Å². The second-order valence-electron chi connectivity index (χ2n) is 10.6. The number of carbonyl (C=O) groups is 3. The Balaban J connectivity index is 1.75. The fraction of sp³-hybridized carbons (Fsp3) is 0.500. The van der Waals surface area contributed by atoms with Gasteiger partial charge in [-0.25, -0.2) is 4.39 Å². The number of primary amides is 1. The lowest BCUT2D eigenvalue weighted by molar-refractivity contribution is -0.139. The van der Waals surface area contributed by atoms with Gasteiger partial charge in [0, 0.05) is 24.9 Å². The number of hydrogen-bond acceptors (Lipinski definition) is 3.